The number of aryl methyl sites for hydroxylation is 1. The molecule has 0 bridgehead atoms. The maximum absolute atomic E-state index is 8.53. The van der Waals surface area contributed by atoms with Gasteiger partial charge in [-0.15, -0.1) is 0 Å². The molecule has 0 aliphatic heterocycles. The summed E-state index contributed by atoms with van der Waals surface area (Å²) < 4.78 is 1.83. The van der Waals surface area contributed by atoms with Crippen LogP contribution in [0.1, 0.15) is 19.3 Å². The van der Waals surface area contributed by atoms with Crippen LogP contribution >= 0.6 is 0 Å². The van der Waals surface area contributed by atoms with Gasteiger partial charge >= 0.3 is 0 Å². The molecule has 68 valence electrons. The largest absolute Gasteiger partial charge is 0.396 e. The smallest absolute Gasteiger partial charge is 0.145 e. The van der Waals surface area contributed by atoms with Crippen molar-refractivity contribution in [2.75, 3.05) is 12.3 Å². The molecule has 1 aromatic rings. The van der Waals surface area contributed by atoms with Crippen molar-refractivity contribution in [2.45, 2.75) is 25.8 Å². The summed E-state index contributed by atoms with van der Waals surface area (Å²) in [4.78, 5) is 0. The van der Waals surface area contributed by atoms with E-state index in [1.54, 1.807) is 6.07 Å². The minimum atomic E-state index is 0.279. The Morgan fingerprint density at radius 1 is 1.42 bits per heavy atom. The summed E-state index contributed by atoms with van der Waals surface area (Å²) in [5.74, 6) is 0.567. The van der Waals surface area contributed by atoms with Crippen LogP contribution in [0, 0.1) is 0 Å². The van der Waals surface area contributed by atoms with Crippen molar-refractivity contribution in [3.05, 3.63) is 12.3 Å². The zero-order chi connectivity index (χ0) is 8.81. The Bertz CT molecular complexity index is 222. The number of nitrogens with zero attached hydrogens (tertiary/aromatic N) is 2. The molecule has 4 nitrogen and oxygen atoms in total. The SMILES string of the molecule is Nc1ccn(CCCCCO)n1. The highest BCUT2D eigenvalue weighted by Gasteiger charge is 1.93. The summed E-state index contributed by atoms with van der Waals surface area (Å²) in [5, 5.41) is 12.6. The zero-order valence-electron chi connectivity index (χ0n) is 7.11. The Morgan fingerprint density at radius 2 is 2.25 bits per heavy atom. The topological polar surface area (TPSA) is 64.1 Å². The van der Waals surface area contributed by atoms with Gasteiger partial charge in [0.2, 0.25) is 0 Å². The second-order valence-electron chi connectivity index (χ2n) is 2.79. The third-order valence-electron chi connectivity index (χ3n) is 1.71. The second kappa shape index (κ2) is 4.77. The molecule has 0 aliphatic rings. The van der Waals surface area contributed by atoms with Crippen molar-refractivity contribution >= 4 is 5.82 Å². The Balaban J connectivity index is 2.15. The molecule has 0 spiro atoms. The zero-order valence-corrected chi connectivity index (χ0v) is 7.11. The number of aromatic nitrogens is 2. The normalized spacial score (nSPS) is 10.4. The van der Waals surface area contributed by atoms with Gasteiger partial charge in [0, 0.05) is 19.3 Å². The fraction of sp³-hybridized carbons (Fsp3) is 0.625. The van der Waals surface area contributed by atoms with Crippen LogP contribution in [0.15, 0.2) is 12.3 Å². The molecule has 0 saturated carbocycles. The van der Waals surface area contributed by atoms with Gasteiger partial charge in [0.05, 0.1) is 0 Å². The summed E-state index contributed by atoms with van der Waals surface area (Å²) in [7, 11) is 0. The number of unbranched alkanes of at least 4 members (excludes halogenated alkanes) is 2. The first-order valence-electron chi connectivity index (χ1n) is 4.22. The van der Waals surface area contributed by atoms with Gasteiger partial charge in [0.25, 0.3) is 0 Å². The maximum Gasteiger partial charge on any atom is 0.145 e. The monoisotopic (exact) mass is 169 g/mol. The van der Waals surface area contributed by atoms with Crippen molar-refractivity contribution in [2.24, 2.45) is 0 Å². The van der Waals surface area contributed by atoms with E-state index in [9.17, 15) is 0 Å². The number of rotatable bonds is 5. The van der Waals surface area contributed by atoms with Gasteiger partial charge in [-0.1, -0.05) is 0 Å². The minimum Gasteiger partial charge on any atom is -0.396 e. The molecule has 0 unspecified atom stereocenters. The molecule has 0 saturated heterocycles. The molecule has 0 atom stereocenters. The Hall–Kier alpha value is -1.03. The molecular weight excluding hydrogens is 154 g/mol. The summed E-state index contributed by atoms with van der Waals surface area (Å²) in [6.07, 6.45) is 4.82. The van der Waals surface area contributed by atoms with E-state index in [1.165, 1.54) is 0 Å². The Labute approximate surface area is 72.0 Å². The highest BCUT2D eigenvalue weighted by Crippen LogP contribution is 2.00. The third-order valence-corrected chi connectivity index (χ3v) is 1.71. The van der Waals surface area contributed by atoms with E-state index < -0.39 is 0 Å². The predicted molar refractivity (Wildman–Crippen MR) is 47.6 cm³/mol. The van der Waals surface area contributed by atoms with E-state index >= 15 is 0 Å². The standard InChI is InChI=1S/C8H15N3O/c9-8-4-6-11(10-8)5-2-1-3-7-12/h4,6,12H,1-3,5,7H2,(H2,9,10). The van der Waals surface area contributed by atoms with Crippen LogP contribution in [0.5, 0.6) is 0 Å². The van der Waals surface area contributed by atoms with Crippen LogP contribution in [0.25, 0.3) is 0 Å². The Kier molecular flexibility index (Phi) is 3.60. The summed E-state index contributed by atoms with van der Waals surface area (Å²) in [6, 6.07) is 1.78. The van der Waals surface area contributed by atoms with Crippen molar-refractivity contribution in [1.82, 2.24) is 9.78 Å². The molecule has 1 heterocycles. The van der Waals surface area contributed by atoms with Gasteiger partial charge in [-0.2, -0.15) is 5.10 Å². The van der Waals surface area contributed by atoms with Crippen LogP contribution in [0.2, 0.25) is 0 Å². The highest BCUT2D eigenvalue weighted by molar-refractivity contribution is 5.23. The Morgan fingerprint density at radius 3 is 2.83 bits per heavy atom. The van der Waals surface area contributed by atoms with E-state index in [-0.39, 0.29) is 6.61 Å². The molecule has 4 heteroatoms. The van der Waals surface area contributed by atoms with Gasteiger partial charge in [0.15, 0.2) is 0 Å². The number of hydrogen-bond donors (Lipinski definition) is 2. The summed E-state index contributed by atoms with van der Waals surface area (Å²) in [6.45, 7) is 1.17. The molecular formula is C8H15N3O. The average Bonchev–Trinajstić information content (AvgIpc) is 2.45. The lowest BCUT2D eigenvalue weighted by Crippen LogP contribution is -1.99. The van der Waals surface area contributed by atoms with Gasteiger partial charge in [-0.25, -0.2) is 0 Å². The minimum absolute atomic E-state index is 0.279. The van der Waals surface area contributed by atoms with E-state index in [4.69, 9.17) is 10.8 Å². The number of hydrogen-bond acceptors (Lipinski definition) is 3. The van der Waals surface area contributed by atoms with E-state index in [1.807, 2.05) is 10.9 Å². The molecule has 1 aromatic heterocycles. The molecule has 3 N–H and O–H groups in total. The highest BCUT2D eigenvalue weighted by atomic mass is 16.2. The quantitative estimate of drug-likeness (QED) is 0.635. The molecule has 1 rings (SSSR count). The number of aliphatic hydroxyl groups excluding tert-OH is 1. The van der Waals surface area contributed by atoms with Crippen LogP contribution in [0.3, 0.4) is 0 Å². The number of anilines is 1. The van der Waals surface area contributed by atoms with E-state index in [0.717, 1.165) is 25.8 Å². The molecule has 0 aliphatic carbocycles. The third kappa shape index (κ3) is 2.92. The molecule has 0 radical (unpaired) electrons. The van der Waals surface area contributed by atoms with Crippen LogP contribution < -0.4 is 5.73 Å². The summed E-state index contributed by atoms with van der Waals surface area (Å²) >= 11 is 0. The predicted octanol–water partition coefficient (Wildman–Crippen LogP) is 0.628. The molecule has 0 amide bonds. The maximum atomic E-state index is 8.53. The molecule has 0 fully saturated rings. The van der Waals surface area contributed by atoms with E-state index in [2.05, 4.69) is 5.10 Å². The first-order valence-corrected chi connectivity index (χ1v) is 4.22. The lowest BCUT2D eigenvalue weighted by atomic mass is 10.2. The van der Waals surface area contributed by atoms with Gasteiger partial charge in [-0.3, -0.25) is 4.68 Å². The lowest BCUT2D eigenvalue weighted by Gasteiger charge is -1.99. The van der Waals surface area contributed by atoms with Gasteiger partial charge in [0.1, 0.15) is 5.82 Å². The second-order valence-corrected chi connectivity index (χ2v) is 2.79. The average molecular weight is 169 g/mol. The number of aliphatic hydroxyl groups is 1. The van der Waals surface area contributed by atoms with Gasteiger partial charge in [-0.05, 0) is 25.3 Å². The number of nitrogen functional groups attached to an aromatic ring is 1. The van der Waals surface area contributed by atoms with E-state index in [0.29, 0.717) is 5.82 Å². The fourth-order valence-electron chi connectivity index (χ4n) is 1.06. The van der Waals surface area contributed by atoms with Crippen LogP contribution in [0.4, 0.5) is 5.82 Å². The van der Waals surface area contributed by atoms with Crippen molar-refractivity contribution in [3.8, 4) is 0 Å². The van der Waals surface area contributed by atoms with Crippen molar-refractivity contribution in [1.29, 1.82) is 0 Å². The van der Waals surface area contributed by atoms with Crippen molar-refractivity contribution < 1.29 is 5.11 Å². The first kappa shape index (κ1) is 9.06. The van der Waals surface area contributed by atoms with Gasteiger partial charge < -0.3 is 10.8 Å². The van der Waals surface area contributed by atoms with Crippen molar-refractivity contribution in [3.63, 3.8) is 0 Å². The molecule has 12 heavy (non-hydrogen) atoms. The molecule has 0 aromatic carbocycles. The van der Waals surface area contributed by atoms with Crippen LogP contribution in [-0.4, -0.2) is 21.5 Å². The number of nitrogens with two attached hydrogens (primary N) is 1. The lowest BCUT2D eigenvalue weighted by molar-refractivity contribution is 0.281. The fourth-order valence-corrected chi connectivity index (χ4v) is 1.06. The van der Waals surface area contributed by atoms with Crippen LogP contribution in [-0.2, 0) is 6.54 Å². The first-order chi connectivity index (χ1) is 5.83. The summed E-state index contributed by atoms with van der Waals surface area (Å²) in [5.41, 5.74) is 5.44.